The number of nitrogens with zero attached hydrogens (tertiary/aromatic N) is 2. The third kappa shape index (κ3) is 3.32. The van der Waals surface area contributed by atoms with Crippen LogP contribution in [0.2, 0.25) is 0 Å². The van der Waals surface area contributed by atoms with Gasteiger partial charge in [0, 0.05) is 40.8 Å². The molecule has 0 aliphatic rings. The number of fused-ring (bicyclic) bond motifs is 1. The molecule has 0 saturated heterocycles. The summed E-state index contributed by atoms with van der Waals surface area (Å²) >= 11 is 1.43. The third-order valence-corrected chi connectivity index (χ3v) is 4.95. The minimum absolute atomic E-state index is 0.0869. The topological polar surface area (TPSA) is 61.0 Å². The summed E-state index contributed by atoms with van der Waals surface area (Å²) in [4.78, 5) is 22.0. The highest BCUT2D eigenvalue weighted by atomic mass is 32.1. The van der Waals surface area contributed by atoms with Crippen molar-refractivity contribution in [1.82, 2.24) is 9.97 Å². The Morgan fingerprint density at radius 1 is 1.15 bits per heavy atom. The average molecular weight is 362 g/mol. The molecule has 0 atom stereocenters. The van der Waals surface area contributed by atoms with Crippen LogP contribution in [0.5, 0.6) is 0 Å². The molecule has 0 saturated carbocycles. The van der Waals surface area contributed by atoms with Crippen molar-refractivity contribution in [3.63, 3.8) is 0 Å². The van der Waals surface area contributed by atoms with Crippen LogP contribution in [0.25, 0.3) is 22.2 Å². The first kappa shape index (κ1) is 16.4. The van der Waals surface area contributed by atoms with Crippen LogP contribution in [0, 0.1) is 0 Å². The first-order valence-corrected chi connectivity index (χ1v) is 9.17. The van der Waals surface area contributed by atoms with Crippen LogP contribution < -0.4 is 10.2 Å². The van der Waals surface area contributed by atoms with Gasteiger partial charge in [-0.05, 0) is 18.2 Å². The number of H-pyrrole nitrogens is 1. The quantitative estimate of drug-likeness (QED) is 0.554. The van der Waals surface area contributed by atoms with Crippen LogP contribution in [-0.4, -0.2) is 29.5 Å². The lowest BCUT2D eigenvalue weighted by atomic mass is 10.1. The van der Waals surface area contributed by atoms with Gasteiger partial charge in [0.25, 0.3) is 0 Å². The van der Waals surface area contributed by atoms with Gasteiger partial charge in [0.05, 0.1) is 12.2 Å². The van der Waals surface area contributed by atoms with E-state index < -0.39 is 0 Å². The van der Waals surface area contributed by atoms with E-state index in [0.29, 0.717) is 5.13 Å². The Morgan fingerprint density at radius 2 is 1.92 bits per heavy atom. The molecular weight excluding hydrogens is 344 g/mol. The number of hydrogen-bond acceptors (Lipinski definition) is 4. The number of rotatable bonds is 5. The highest BCUT2D eigenvalue weighted by molar-refractivity contribution is 7.14. The Morgan fingerprint density at radius 3 is 2.77 bits per heavy atom. The summed E-state index contributed by atoms with van der Waals surface area (Å²) in [6.45, 7) is 0.270. The normalized spacial score (nSPS) is 10.8. The van der Waals surface area contributed by atoms with Crippen molar-refractivity contribution in [3.8, 4) is 11.3 Å². The van der Waals surface area contributed by atoms with E-state index in [1.807, 2.05) is 72.1 Å². The van der Waals surface area contributed by atoms with Crippen LogP contribution in [-0.2, 0) is 4.79 Å². The maximum absolute atomic E-state index is 12.3. The number of thiazole rings is 1. The van der Waals surface area contributed by atoms with Gasteiger partial charge in [0.15, 0.2) is 5.13 Å². The minimum atomic E-state index is -0.0869. The molecule has 4 aromatic rings. The number of nitrogens with one attached hydrogen (secondary N) is 2. The molecule has 0 spiro atoms. The summed E-state index contributed by atoms with van der Waals surface area (Å²) in [6, 6.07) is 17.9. The molecule has 6 heteroatoms. The number of benzene rings is 2. The second-order valence-electron chi connectivity index (χ2n) is 6.03. The van der Waals surface area contributed by atoms with Gasteiger partial charge < -0.3 is 15.2 Å². The van der Waals surface area contributed by atoms with E-state index in [2.05, 4.69) is 21.4 Å². The van der Waals surface area contributed by atoms with Crippen LogP contribution in [0.15, 0.2) is 66.2 Å². The SMILES string of the molecule is CN(CC(=O)Nc1nc(-c2c[nH]c3ccccc23)cs1)c1ccccc1. The lowest BCUT2D eigenvalue weighted by molar-refractivity contribution is -0.114. The lowest BCUT2D eigenvalue weighted by Gasteiger charge is -2.17. The Kier molecular flexibility index (Phi) is 4.41. The van der Waals surface area contributed by atoms with Crippen molar-refractivity contribution in [1.29, 1.82) is 0 Å². The van der Waals surface area contributed by atoms with Crippen molar-refractivity contribution in [2.75, 3.05) is 23.8 Å². The molecule has 0 bridgehead atoms. The van der Waals surface area contributed by atoms with Gasteiger partial charge in [-0.2, -0.15) is 0 Å². The first-order valence-electron chi connectivity index (χ1n) is 8.29. The molecule has 0 aliphatic heterocycles. The summed E-state index contributed by atoms with van der Waals surface area (Å²) < 4.78 is 0. The second-order valence-corrected chi connectivity index (χ2v) is 6.88. The van der Waals surface area contributed by atoms with Gasteiger partial charge in [0.1, 0.15) is 0 Å². The van der Waals surface area contributed by atoms with Crippen molar-refractivity contribution < 1.29 is 4.79 Å². The fraction of sp³-hybridized carbons (Fsp3) is 0.100. The largest absolute Gasteiger partial charge is 0.365 e. The highest BCUT2D eigenvalue weighted by Crippen LogP contribution is 2.30. The molecule has 26 heavy (non-hydrogen) atoms. The third-order valence-electron chi connectivity index (χ3n) is 4.19. The number of para-hydroxylation sites is 2. The Hall–Kier alpha value is -3.12. The zero-order chi connectivity index (χ0) is 17.9. The molecule has 2 aromatic heterocycles. The molecule has 5 nitrogen and oxygen atoms in total. The average Bonchev–Trinajstić information content (AvgIpc) is 3.29. The standard InChI is InChI=1S/C20H18N4OS/c1-24(14-7-3-2-4-8-14)12-19(25)23-20-22-18(13-26-20)16-11-21-17-10-6-5-9-15(16)17/h2-11,13,21H,12H2,1H3,(H,22,23,25). The number of likely N-dealkylation sites (N-methyl/N-ethyl adjacent to an activating group) is 1. The monoisotopic (exact) mass is 362 g/mol. The Balaban J connectivity index is 1.46. The molecule has 0 unspecified atom stereocenters. The molecule has 4 rings (SSSR count). The van der Waals surface area contributed by atoms with E-state index in [0.717, 1.165) is 27.8 Å². The minimum Gasteiger partial charge on any atom is -0.365 e. The number of amides is 1. The van der Waals surface area contributed by atoms with E-state index in [9.17, 15) is 4.79 Å². The van der Waals surface area contributed by atoms with E-state index >= 15 is 0 Å². The molecule has 2 heterocycles. The van der Waals surface area contributed by atoms with E-state index in [-0.39, 0.29) is 12.5 Å². The lowest BCUT2D eigenvalue weighted by Crippen LogP contribution is -2.29. The summed E-state index contributed by atoms with van der Waals surface area (Å²) in [7, 11) is 1.90. The summed E-state index contributed by atoms with van der Waals surface area (Å²) in [5.74, 6) is -0.0869. The number of anilines is 2. The Labute approximate surface area is 155 Å². The number of aromatic nitrogens is 2. The zero-order valence-corrected chi connectivity index (χ0v) is 15.1. The fourth-order valence-electron chi connectivity index (χ4n) is 2.89. The first-order chi connectivity index (χ1) is 12.7. The summed E-state index contributed by atoms with van der Waals surface area (Å²) in [5, 5.41) is 6.59. The molecule has 130 valence electrons. The van der Waals surface area contributed by atoms with Crippen LogP contribution in [0.1, 0.15) is 0 Å². The summed E-state index contributed by atoms with van der Waals surface area (Å²) in [6.07, 6.45) is 1.95. The van der Waals surface area contributed by atoms with Crippen molar-refractivity contribution in [2.45, 2.75) is 0 Å². The summed E-state index contributed by atoms with van der Waals surface area (Å²) in [5.41, 5.74) is 3.98. The second kappa shape index (κ2) is 7.01. The van der Waals surface area contributed by atoms with E-state index in [4.69, 9.17) is 0 Å². The molecule has 0 aliphatic carbocycles. The van der Waals surface area contributed by atoms with Gasteiger partial charge >= 0.3 is 0 Å². The number of hydrogen-bond donors (Lipinski definition) is 2. The maximum Gasteiger partial charge on any atom is 0.245 e. The number of carbonyl (C=O) groups is 1. The van der Waals surface area contributed by atoms with Gasteiger partial charge in [-0.1, -0.05) is 36.4 Å². The number of aromatic amines is 1. The molecule has 2 N–H and O–H groups in total. The van der Waals surface area contributed by atoms with Crippen LogP contribution in [0.4, 0.5) is 10.8 Å². The molecule has 0 radical (unpaired) electrons. The molecular formula is C20H18N4OS. The van der Waals surface area contributed by atoms with E-state index in [1.54, 1.807) is 0 Å². The van der Waals surface area contributed by atoms with Crippen molar-refractivity contribution in [2.24, 2.45) is 0 Å². The van der Waals surface area contributed by atoms with Crippen molar-refractivity contribution >= 4 is 39.0 Å². The fourth-order valence-corrected chi connectivity index (χ4v) is 3.61. The Bertz CT molecular complexity index is 1040. The zero-order valence-electron chi connectivity index (χ0n) is 14.3. The van der Waals surface area contributed by atoms with Crippen LogP contribution >= 0.6 is 11.3 Å². The van der Waals surface area contributed by atoms with Crippen LogP contribution in [0.3, 0.4) is 0 Å². The molecule has 1 amide bonds. The van der Waals surface area contributed by atoms with Gasteiger partial charge in [-0.25, -0.2) is 4.98 Å². The van der Waals surface area contributed by atoms with Gasteiger partial charge in [-0.3, -0.25) is 4.79 Å². The van der Waals surface area contributed by atoms with Crippen molar-refractivity contribution in [3.05, 3.63) is 66.2 Å². The maximum atomic E-state index is 12.3. The van der Waals surface area contributed by atoms with Gasteiger partial charge in [0.2, 0.25) is 5.91 Å². The van der Waals surface area contributed by atoms with Gasteiger partial charge in [-0.15, -0.1) is 11.3 Å². The van der Waals surface area contributed by atoms with E-state index in [1.165, 1.54) is 11.3 Å². The predicted molar refractivity (Wildman–Crippen MR) is 108 cm³/mol. The molecule has 0 fully saturated rings. The predicted octanol–water partition coefficient (Wildman–Crippen LogP) is 4.37. The molecule has 2 aromatic carbocycles. The number of carbonyl (C=O) groups excluding carboxylic acids is 1. The highest BCUT2D eigenvalue weighted by Gasteiger charge is 2.12. The smallest absolute Gasteiger partial charge is 0.245 e.